The number of piperidine rings is 1. The van der Waals surface area contributed by atoms with Crippen molar-refractivity contribution in [3.05, 3.63) is 5.82 Å². The van der Waals surface area contributed by atoms with Gasteiger partial charge in [0, 0.05) is 45.1 Å². The molecule has 0 bridgehead atoms. The zero-order chi connectivity index (χ0) is 21.3. The molecule has 1 unspecified atom stereocenters. The Morgan fingerprint density at radius 1 is 1.26 bits per heavy atom. The highest BCUT2D eigenvalue weighted by Crippen LogP contribution is 2.33. The molecule has 3 rings (SSSR count). The van der Waals surface area contributed by atoms with Gasteiger partial charge in [-0.05, 0) is 51.2 Å². The van der Waals surface area contributed by atoms with Crippen LogP contribution in [0.25, 0.3) is 0 Å². The summed E-state index contributed by atoms with van der Waals surface area (Å²) in [5.74, 6) is 2.18. The standard InChI is InChI=1S/C21H37N7OS.HI/c1-3-23-20(27-13-7-8-16(15-27)14-18(22)29)24-12-6-11-19-25-26-21(30-2)28(19)17-9-4-5-10-17;/h16-17H,3-15H2,1-2H3,(H2,22,29)(H,23,24);1H. The van der Waals surface area contributed by atoms with Crippen molar-refractivity contribution >= 4 is 47.6 Å². The van der Waals surface area contributed by atoms with Crippen molar-refractivity contribution in [2.24, 2.45) is 16.6 Å². The number of carbonyl (C=O) groups is 1. The molecule has 1 aliphatic heterocycles. The number of nitrogens with zero attached hydrogens (tertiary/aromatic N) is 5. The minimum Gasteiger partial charge on any atom is -0.370 e. The Labute approximate surface area is 207 Å². The Balaban J connectivity index is 0.00000341. The second-order valence-electron chi connectivity index (χ2n) is 8.38. The van der Waals surface area contributed by atoms with Crippen molar-refractivity contribution in [2.75, 3.05) is 32.4 Å². The smallest absolute Gasteiger partial charge is 0.217 e. The topological polar surface area (TPSA) is 101 Å². The van der Waals surface area contributed by atoms with Crippen LogP contribution in [0.5, 0.6) is 0 Å². The number of guanidine groups is 1. The number of thioether (sulfide) groups is 1. The molecular weight excluding hydrogens is 525 g/mol. The first-order chi connectivity index (χ1) is 14.6. The van der Waals surface area contributed by atoms with Gasteiger partial charge in [-0.1, -0.05) is 24.6 Å². The molecule has 1 aromatic heterocycles. The third-order valence-corrected chi connectivity index (χ3v) is 6.71. The predicted octanol–water partition coefficient (Wildman–Crippen LogP) is 3.22. The number of likely N-dealkylation sites (tertiary alicyclic amines) is 1. The first-order valence-corrected chi connectivity index (χ1v) is 12.6. The van der Waals surface area contributed by atoms with Gasteiger partial charge in [0.05, 0.1) is 0 Å². The summed E-state index contributed by atoms with van der Waals surface area (Å²) in [5.41, 5.74) is 5.41. The number of aryl methyl sites for hydroxylation is 1. The van der Waals surface area contributed by atoms with Crippen molar-refractivity contribution in [2.45, 2.75) is 75.9 Å². The van der Waals surface area contributed by atoms with E-state index < -0.39 is 0 Å². The van der Waals surface area contributed by atoms with Crippen molar-refractivity contribution in [3.8, 4) is 0 Å². The van der Waals surface area contributed by atoms with Crippen LogP contribution in [-0.4, -0.2) is 64.0 Å². The average molecular weight is 564 g/mol. The fraction of sp³-hybridized carbons (Fsp3) is 0.810. The van der Waals surface area contributed by atoms with E-state index >= 15 is 0 Å². The molecule has 1 saturated carbocycles. The predicted molar refractivity (Wildman–Crippen MR) is 137 cm³/mol. The maximum Gasteiger partial charge on any atom is 0.217 e. The van der Waals surface area contributed by atoms with Gasteiger partial charge in [0.2, 0.25) is 5.91 Å². The molecule has 176 valence electrons. The minimum atomic E-state index is -0.209. The van der Waals surface area contributed by atoms with Crippen LogP contribution in [0.3, 0.4) is 0 Å². The first-order valence-electron chi connectivity index (χ1n) is 11.4. The van der Waals surface area contributed by atoms with E-state index in [-0.39, 0.29) is 29.9 Å². The van der Waals surface area contributed by atoms with E-state index in [0.717, 1.165) is 68.8 Å². The van der Waals surface area contributed by atoms with Crippen molar-refractivity contribution in [1.82, 2.24) is 25.0 Å². The van der Waals surface area contributed by atoms with E-state index in [1.165, 1.54) is 25.7 Å². The van der Waals surface area contributed by atoms with Crippen molar-refractivity contribution in [3.63, 3.8) is 0 Å². The number of amides is 1. The van der Waals surface area contributed by atoms with Crippen LogP contribution in [0.4, 0.5) is 0 Å². The molecule has 3 N–H and O–H groups in total. The summed E-state index contributed by atoms with van der Waals surface area (Å²) in [6.07, 6.45) is 11.6. The lowest BCUT2D eigenvalue weighted by Gasteiger charge is -2.34. The molecule has 1 atom stereocenters. The summed E-state index contributed by atoms with van der Waals surface area (Å²) in [7, 11) is 0. The molecule has 1 saturated heterocycles. The van der Waals surface area contributed by atoms with Gasteiger partial charge in [-0.2, -0.15) is 0 Å². The van der Waals surface area contributed by atoms with Gasteiger partial charge in [0.15, 0.2) is 11.1 Å². The molecule has 8 nitrogen and oxygen atoms in total. The Morgan fingerprint density at radius 3 is 2.71 bits per heavy atom. The normalized spacial score (nSPS) is 20.0. The number of primary amides is 1. The van der Waals surface area contributed by atoms with E-state index in [1.54, 1.807) is 11.8 Å². The van der Waals surface area contributed by atoms with Crippen LogP contribution in [0.2, 0.25) is 0 Å². The van der Waals surface area contributed by atoms with Gasteiger partial charge in [-0.3, -0.25) is 9.79 Å². The molecule has 1 aliphatic carbocycles. The molecule has 0 spiro atoms. The summed E-state index contributed by atoms with van der Waals surface area (Å²) in [6, 6.07) is 0.564. The number of aromatic nitrogens is 3. The van der Waals surface area contributed by atoms with Crippen molar-refractivity contribution < 1.29 is 4.79 Å². The second kappa shape index (κ2) is 13.5. The number of nitrogens with two attached hydrogens (primary N) is 1. The molecule has 2 aliphatic rings. The first kappa shape index (κ1) is 26.2. The Hall–Kier alpha value is -1.04. The molecule has 1 aromatic rings. The molecule has 10 heteroatoms. The van der Waals surface area contributed by atoms with Crippen LogP contribution in [0, 0.1) is 5.92 Å². The lowest BCUT2D eigenvalue weighted by Crippen LogP contribution is -2.47. The molecule has 31 heavy (non-hydrogen) atoms. The van der Waals surface area contributed by atoms with Crippen LogP contribution in [-0.2, 0) is 11.2 Å². The van der Waals surface area contributed by atoms with Gasteiger partial charge in [-0.15, -0.1) is 34.2 Å². The monoisotopic (exact) mass is 563 g/mol. The quantitative estimate of drug-likeness (QED) is 0.157. The highest BCUT2D eigenvalue weighted by Gasteiger charge is 2.24. The fourth-order valence-corrected chi connectivity index (χ4v) is 5.28. The highest BCUT2D eigenvalue weighted by molar-refractivity contribution is 14.0. The lowest BCUT2D eigenvalue weighted by atomic mass is 9.95. The zero-order valence-corrected chi connectivity index (χ0v) is 22.0. The number of halogens is 1. The van der Waals surface area contributed by atoms with E-state index in [2.05, 4.69) is 38.2 Å². The number of hydrogen-bond donors (Lipinski definition) is 2. The molecule has 1 amide bonds. The van der Waals surface area contributed by atoms with Gasteiger partial charge >= 0.3 is 0 Å². The maximum atomic E-state index is 11.3. The molecular formula is C21H38IN7OS. The maximum absolute atomic E-state index is 11.3. The molecule has 2 fully saturated rings. The van der Waals surface area contributed by atoms with Gasteiger partial charge in [0.25, 0.3) is 0 Å². The van der Waals surface area contributed by atoms with Crippen LogP contribution < -0.4 is 11.1 Å². The van der Waals surface area contributed by atoms with E-state index in [9.17, 15) is 4.79 Å². The van der Waals surface area contributed by atoms with Gasteiger partial charge < -0.3 is 20.5 Å². The Morgan fingerprint density at radius 2 is 2.03 bits per heavy atom. The van der Waals surface area contributed by atoms with Crippen LogP contribution in [0.1, 0.15) is 70.2 Å². The summed E-state index contributed by atoms with van der Waals surface area (Å²) in [4.78, 5) is 18.5. The van der Waals surface area contributed by atoms with Crippen LogP contribution >= 0.6 is 35.7 Å². The second-order valence-corrected chi connectivity index (χ2v) is 9.15. The van der Waals surface area contributed by atoms with Crippen LogP contribution in [0.15, 0.2) is 10.1 Å². The summed E-state index contributed by atoms with van der Waals surface area (Å²) in [6.45, 7) is 5.51. The van der Waals surface area contributed by atoms with Crippen molar-refractivity contribution in [1.29, 1.82) is 0 Å². The number of nitrogens with one attached hydrogen (secondary N) is 1. The van der Waals surface area contributed by atoms with E-state index in [0.29, 0.717) is 18.4 Å². The summed E-state index contributed by atoms with van der Waals surface area (Å²) in [5, 5.41) is 13.4. The Bertz CT molecular complexity index is 721. The fourth-order valence-electron chi connectivity index (χ4n) is 4.70. The third kappa shape index (κ3) is 7.50. The lowest BCUT2D eigenvalue weighted by molar-refractivity contribution is -0.119. The minimum absolute atomic E-state index is 0. The number of carbonyl (C=O) groups excluding carboxylic acids is 1. The third-order valence-electron chi connectivity index (χ3n) is 6.07. The number of aliphatic imine (C=N–C) groups is 1. The largest absolute Gasteiger partial charge is 0.370 e. The zero-order valence-electron chi connectivity index (χ0n) is 18.9. The Kier molecular flexibility index (Phi) is 11.4. The van der Waals surface area contributed by atoms with Gasteiger partial charge in [0.1, 0.15) is 5.82 Å². The summed E-state index contributed by atoms with van der Waals surface area (Å²) >= 11 is 1.69. The highest BCUT2D eigenvalue weighted by atomic mass is 127. The van der Waals surface area contributed by atoms with E-state index in [1.807, 2.05) is 0 Å². The number of hydrogen-bond acceptors (Lipinski definition) is 5. The summed E-state index contributed by atoms with van der Waals surface area (Å²) < 4.78 is 2.38. The molecule has 0 aromatic carbocycles. The SMILES string of the molecule is CCNC(=NCCCc1nnc(SC)n1C1CCCC1)N1CCCC(CC(N)=O)C1.I. The van der Waals surface area contributed by atoms with Gasteiger partial charge in [-0.25, -0.2) is 0 Å². The van der Waals surface area contributed by atoms with E-state index in [4.69, 9.17) is 10.7 Å². The molecule has 0 radical (unpaired) electrons. The average Bonchev–Trinajstić information content (AvgIpc) is 3.39. The number of rotatable bonds is 9. The molecule has 2 heterocycles.